The van der Waals surface area contributed by atoms with Gasteiger partial charge in [-0.1, -0.05) is 12.8 Å². The summed E-state index contributed by atoms with van der Waals surface area (Å²) < 4.78 is 0. The molecule has 2 aromatic heterocycles. The second-order valence-electron chi connectivity index (χ2n) is 6.94. The van der Waals surface area contributed by atoms with Crippen LogP contribution in [0.2, 0.25) is 0 Å². The number of aryl methyl sites for hydroxylation is 2. The van der Waals surface area contributed by atoms with Crippen LogP contribution in [0.25, 0.3) is 0 Å². The molecule has 0 atom stereocenters. The number of fused-ring (bicyclic) bond motifs is 1. The largest absolute Gasteiger partial charge is 0.302 e. The first-order chi connectivity index (χ1) is 12.7. The van der Waals surface area contributed by atoms with Gasteiger partial charge in [0.15, 0.2) is 10.3 Å². The van der Waals surface area contributed by atoms with Gasteiger partial charge in [-0.2, -0.15) is 0 Å². The molecule has 0 bridgehead atoms. The van der Waals surface area contributed by atoms with Gasteiger partial charge in [0.25, 0.3) is 0 Å². The molecule has 0 unspecified atom stereocenters. The van der Waals surface area contributed by atoms with E-state index in [0.717, 1.165) is 44.2 Å². The van der Waals surface area contributed by atoms with Crippen molar-refractivity contribution in [2.45, 2.75) is 57.8 Å². The van der Waals surface area contributed by atoms with E-state index in [-0.39, 0.29) is 24.2 Å². The molecule has 0 spiro atoms. The first-order valence-corrected chi connectivity index (χ1v) is 10.9. The van der Waals surface area contributed by atoms with Crippen LogP contribution in [-0.2, 0) is 28.9 Å². The van der Waals surface area contributed by atoms with E-state index in [1.54, 1.807) is 11.3 Å². The van der Waals surface area contributed by atoms with Crippen LogP contribution < -0.4 is 10.6 Å². The summed E-state index contributed by atoms with van der Waals surface area (Å²) in [7, 11) is 0. The van der Waals surface area contributed by atoms with Gasteiger partial charge in [0.1, 0.15) is 0 Å². The lowest BCUT2D eigenvalue weighted by molar-refractivity contribution is -0.119. The van der Waals surface area contributed by atoms with E-state index < -0.39 is 0 Å². The molecule has 4 rings (SSSR count). The van der Waals surface area contributed by atoms with E-state index in [0.29, 0.717) is 16.0 Å². The Bertz CT molecular complexity index is 784. The molecule has 2 aromatic rings. The smallest absolute Gasteiger partial charge is 0.232 e. The lowest BCUT2D eigenvalue weighted by atomic mass is 10.0. The van der Waals surface area contributed by atoms with Crippen molar-refractivity contribution in [1.29, 1.82) is 0 Å². The number of nitrogens with zero attached hydrogens (tertiary/aromatic N) is 2. The minimum Gasteiger partial charge on any atom is -0.302 e. The SMILES string of the molecule is O=C(Cc1csc(NC(=O)C2CCCC2)n1)Nc1nc2c(s1)CCCC2. The average molecular weight is 391 g/mol. The van der Waals surface area contributed by atoms with Crippen LogP contribution in [0.15, 0.2) is 5.38 Å². The number of thiazole rings is 2. The summed E-state index contributed by atoms with van der Waals surface area (Å²) >= 11 is 2.96. The highest BCUT2D eigenvalue weighted by atomic mass is 32.1. The fraction of sp³-hybridized carbons (Fsp3) is 0.556. The van der Waals surface area contributed by atoms with Crippen molar-refractivity contribution in [2.75, 3.05) is 10.6 Å². The number of rotatable bonds is 5. The van der Waals surface area contributed by atoms with Gasteiger partial charge in [0.2, 0.25) is 11.8 Å². The maximum absolute atomic E-state index is 12.3. The third kappa shape index (κ3) is 4.12. The van der Waals surface area contributed by atoms with Gasteiger partial charge in [-0.3, -0.25) is 9.59 Å². The molecule has 0 saturated heterocycles. The molecule has 1 fully saturated rings. The molecule has 0 radical (unpaired) electrons. The van der Waals surface area contributed by atoms with Gasteiger partial charge in [-0.25, -0.2) is 9.97 Å². The summed E-state index contributed by atoms with van der Waals surface area (Å²) in [4.78, 5) is 34.6. The standard InChI is InChI=1S/C18H22N4O2S2/c23-15(21-18-20-13-7-3-4-8-14(13)26-18)9-12-10-25-17(19-12)22-16(24)11-5-1-2-6-11/h10-11H,1-9H2,(H,19,22,24)(H,20,21,23). The molecule has 2 N–H and O–H groups in total. The Hall–Kier alpha value is -1.80. The molecule has 1 saturated carbocycles. The Morgan fingerprint density at radius 3 is 2.65 bits per heavy atom. The van der Waals surface area contributed by atoms with E-state index in [2.05, 4.69) is 20.6 Å². The Labute approximate surface area is 160 Å². The molecule has 8 heteroatoms. The van der Waals surface area contributed by atoms with Gasteiger partial charge in [-0.15, -0.1) is 22.7 Å². The van der Waals surface area contributed by atoms with Crippen LogP contribution in [0.1, 0.15) is 54.8 Å². The summed E-state index contributed by atoms with van der Waals surface area (Å²) in [5, 5.41) is 8.87. The van der Waals surface area contributed by atoms with Crippen LogP contribution in [0.4, 0.5) is 10.3 Å². The van der Waals surface area contributed by atoms with Crippen molar-refractivity contribution in [3.8, 4) is 0 Å². The molecule has 0 aliphatic heterocycles. The number of hydrogen-bond donors (Lipinski definition) is 2. The second-order valence-corrected chi connectivity index (χ2v) is 8.88. The molecular formula is C18H22N4O2S2. The Balaban J connectivity index is 1.31. The van der Waals surface area contributed by atoms with Crippen molar-refractivity contribution in [3.05, 3.63) is 21.6 Å². The molecule has 2 heterocycles. The predicted octanol–water partition coefficient (Wildman–Crippen LogP) is 3.79. The number of nitrogens with one attached hydrogen (secondary N) is 2. The summed E-state index contributed by atoms with van der Waals surface area (Å²) in [5.41, 5.74) is 1.82. The number of anilines is 2. The topological polar surface area (TPSA) is 84.0 Å². The van der Waals surface area contributed by atoms with E-state index in [1.165, 1.54) is 29.1 Å². The van der Waals surface area contributed by atoms with Crippen molar-refractivity contribution >= 4 is 44.8 Å². The highest BCUT2D eigenvalue weighted by Crippen LogP contribution is 2.30. The number of carbonyl (C=O) groups is 2. The minimum atomic E-state index is -0.116. The summed E-state index contributed by atoms with van der Waals surface area (Å²) in [6.45, 7) is 0. The van der Waals surface area contributed by atoms with Gasteiger partial charge in [0.05, 0.1) is 17.8 Å². The van der Waals surface area contributed by atoms with Crippen LogP contribution >= 0.6 is 22.7 Å². The molecular weight excluding hydrogens is 368 g/mol. The lowest BCUT2D eigenvalue weighted by Crippen LogP contribution is -2.20. The lowest BCUT2D eigenvalue weighted by Gasteiger charge is -2.07. The number of carbonyl (C=O) groups excluding carboxylic acids is 2. The zero-order valence-corrected chi connectivity index (χ0v) is 16.2. The van der Waals surface area contributed by atoms with E-state index in [4.69, 9.17) is 0 Å². The number of hydrogen-bond acceptors (Lipinski definition) is 6. The van der Waals surface area contributed by atoms with E-state index >= 15 is 0 Å². The Morgan fingerprint density at radius 2 is 1.85 bits per heavy atom. The van der Waals surface area contributed by atoms with E-state index in [1.807, 2.05) is 5.38 Å². The van der Waals surface area contributed by atoms with Gasteiger partial charge in [-0.05, 0) is 38.5 Å². The van der Waals surface area contributed by atoms with Crippen molar-refractivity contribution in [3.63, 3.8) is 0 Å². The average Bonchev–Trinajstić information content (AvgIpc) is 3.34. The molecule has 2 aliphatic carbocycles. The zero-order chi connectivity index (χ0) is 17.9. The minimum absolute atomic E-state index is 0.0567. The summed E-state index contributed by atoms with van der Waals surface area (Å²) in [6.07, 6.45) is 8.84. The maximum atomic E-state index is 12.3. The highest BCUT2D eigenvalue weighted by molar-refractivity contribution is 7.16. The number of aromatic nitrogens is 2. The predicted molar refractivity (Wildman–Crippen MR) is 104 cm³/mol. The molecule has 0 aromatic carbocycles. The quantitative estimate of drug-likeness (QED) is 0.813. The molecule has 138 valence electrons. The molecule has 26 heavy (non-hydrogen) atoms. The third-order valence-electron chi connectivity index (χ3n) is 4.94. The summed E-state index contributed by atoms with van der Waals surface area (Å²) in [6, 6.07) is 0. The number of amides is 2. The molecule has 2 amide bonds. The Kier molecular flexibility index (Phi) is 5.31. The first-order valence-electron chi connectivity index (χ1n) is 9.21. The fourth-order valence-electron chi connectivity index (χ4n) is 3.57. The molecule has 2 aliphatic rings. The van der Waals surface area contributed by atoms with Crippen molar-refractivity contribution in [1.82, 2.24) is 9.97 Å². The van der Waals surface area contributed by atoms with Gasteiger partial charge >= 0.3 is 0 Å². The maximum Gasteiger partial charge on any atom is 0.232 e. The van der Waals surface area contributed by atoms with Gasteiger partial charge in [0, 0.05) is 16.2 Å². The van der Waals surface area contributed by atoms with Crippen LogP contribution in [0.3, 0.4) is 0 Å². The zero-order valence-electron chi connectivity index (χ0n) is 14.5. The third-order valence-corrected chi connectivity index (χ3v) is 6.82. The normalized spacial score (nSPS) is 17.1. The second kappa shape index (κ2) is 7.84. The van der Waals surface area contributed by atoms with Crippen molar-refractivity contribution < 1.29 is 9.59 Å². The van der Waals surface area contributed by atoms with Crippen LogP contribution in [0.5, 0.6) is 0 Å². The van der Waals surface area contributed by atoms with Crippen LogP contribution in [0, 0.1) is 5.92 Å². The van der Waals surface area contributed by atoms with Crippen LogP contribution in [-0.4, -0.2) is 21.8 Å². The monoisotopic (exact) mass is 390 g/mol. The summed E-state index contributed by atoms with van der Waals surface area (Å²) in [5.74, 6) is 0.0536. The fourth-order valence-corrected chi connectivity index (χ4v) is 5.35. The van der Waals surface area contributed by atoms with Crippen molar-refractivity contribution in [2.24, 2.45) is 5.92 Å². The highest BCUT2D eigenvalue weighted by Gasteiger charge is 2.23. The van der Waals surface area contributed by atoms with E-state index in [9.17, 15) is 9.59 Å². The Morgan fingerprint density at radius 1 is 1.04 bits per heavy atom. The van der Waals surface area contributed by atoms with Gasteiger partial charge < -0.3 is 10.6 Å². The molecule has 6 nitrogen and oxygen atoms in total. The first kappa shape index (κ1) is 17.6.